The van der Waals surface area contributed by atoms with E-state index < -0.39 is 29.7 Å². The first-order valence-corrected chi connectivity index (χ1v) is 16.0. The van der Waals surface area contributed by atoms with Crippen molar-refractivity contribution >= 4 is 39.0 Å². The summed E-state index contributed by atoms with van der Waals surface area (Å²) in [6.07, 6.45) is -1.03. The van der Waals surface area contributed by atoms with Gasteiger partial charge in [-0.05, 0) is 41.8 Å². The maximum absolute atomic E-state index is 13.7. The molecule has 0 spiro atoms. The molecule has 38 heavy (non-hydrogen) atoms. The second-order valence-corrected chi connectivity index (χ2v) is 14.3. The molecule has 0 aliphatic carbocycles. The molecule has 0 amide bonds. The summed E-state index contributed by atoms with van der Waals surface area (Å²) in [4.78, 5) is 14.8. The fourth-order valence-corrected chi connectivity index (χ4v) is 8.61. The molecule has 3 aliphatic heterocycles. The minimum absolute atomic E-state index is 0.0569. The lowest BCUT2D eigenvalue weighted by atomic mass is 10.1. The SMILES string of the molecule is N#Cc1ccc(OP(=O)([O-])CNS(=O)(=O)c2cc3cc(OCC[N+]45CCN(CC4)CC5)ccc3s2)cc1F. The van der Waals surface area contributed by atoms with Crippen molar-refractivity contribution < 1.29 is 36.0 Å². The second-order valence-electron chi connectivity index (χ2n) is 9.45. The normalized spacial score (nSPS) is 22.6. The number of sulfonamides is 1. The maximum atomic E-state index is 13.7. The van der Waals surface area contributed by atoms with Gasteiger partial charge in [-0.25, -0.2) is 17.5 Å². The summed E-state index contributed by atoms with van der Waals surface area (Å²) >= 11 is 1.00. The summed E-state index contributed by atoms with van der Waals surface area (Å²) in [5, 5.41) is 9.43. The number of nitrogens with one attached hydrogen (secondary N) is 1. The molecule has 3 aromatic rings. The number of ether oxygens (including phenoxy) is 1. The number of rotatable bonds is 10. The number of nitriles is 1. The van der Waals surface area contributed by atoms with E-state index in [-0.39, 0.29) is 15.5 Å². The van der Waals surface area contributed by atoms with Gasteiger partial charge in [-0.2, -0.15) is 5.26 Å². The number of nitrogens with zero attached hydrogens (tertiary/aromatic N) is 3. The Morgan fingerprint density at radius 3 is 2.53 bits per heavy atom. The molecule has 3 fully saturated rings. The van der Waals surface area contributed by atoms with Crippen LogP contribution in [0.4, 0.5) is 4.39 Å². The summed E-state index contributed by atoms with van der Waals surface area (Å²) in [5.41, 5.74) is -0.273. The molecule has 0 saturated carbocycles. The molecule has 6 rings (SSSR count). The van der Waals surface area contributed by atoms with Gasteiger partial charge in [-0.3, -0.25) is 9.46 Å². The van der Waals surface area contributed by atoms with Crippen LogP contribution in [0.3, 0.4) is 0 Å². The number of halogens is 1. The highest BCUT2D eigenvalue weighted by molar-refractivity contribution is 7.92. The topological polar surface area (TPSA) is 132 Å². The van der Waals surface area contributed by atoms with Crippen molar-refractivity contribution in [1.29, 1.82) is 5.26 Å². The molecule has 1 N–H and O–H groups in total. The number of fused-ring (bicyclic) bond motifs is 4. The lowest BCUT2D eigenvalue weighted by Crippen LogP contribution is -2.68. The monoisotopic (exact) mass is 580 g/mol. The highest BCUT2D eigenvalue weighted by Gasteiger charge is 2.38. The number of thiophene rings is 1. The van der Waals surface area contributed by atoms with E-state index in [0.717, 1.165) is 79.8 Å². The molecule has 1 aromatic heterocycles. The molecule has 2 bridgehead atoms. The fraction of sp³-hybridized carbons (Fsp3) is 0.375. The van der Waals surface area contributed by atoms with Crippen LogP contribution < -0.4 is 18.9 Å². The zero-order valence-corrected chi connectivity index (χ0v) is 22.9. The van der Waals surface area contributed by atoms with Crippen molar-refractivity contribution in [1.82, 2.24) is 9.62 Å². The largest absolute Gasteiger partial charge is 0.768 e. The van der Waals surface area contributed by atoms with Crippen LogP contribution in [0.2, 0.25) is 0 Å². The van der Waals surface area contributed by atoms with Crippen LogP contribution in [0.15, 0.2) is 46.7 Å². The Balaban J connectivity index is 1.20. The molecule has 3 aliphatic rings. The van der Waals surface area contributed by atoms with Crippen molar-refractivity contribution in [2.45, 2.75) is 4.21 Å². The smallest absolute Gasteiger partial charge is 0.250 e. The third-order valence-electron chi connectivity index (χ3n) is 6.99. The Morgan fingerprint density at radius 1 is 1.13 bits per heavy atom. The minimum Gasteiger partial charge on any atom is -0.768 e. The van der Waals surface area contributed by atoms with Crippen molar-refractivity contribution in [2.24, 2.45) is 0 Å². The number of hydrogen-bond donors (Lipinski definition) is 1. The summed E-state index contributed by atoms with van der Waals surface area (Å²) in [7, 11) is -8.92. The maximum Gasteiger partial charge on any atom is 0.250 e. The number of benzene rings is 2. The standard InChI is InChI=1S/C24H26FN4O6PS2/c25-22-15-21(2-1-18(22)16-26)35-36(30,31)17-27-38(32,33)24-14-19-13-20(3-4-23(19)37-24)34-12-11-29-8-5-28(6-9-29)7-10-29/h1-4,13-15,27H,5-12,17H2. The predicted molar refractivity (Wildman–Crippen MR) is 138 cm³/mol. The molecule has 1 unspecified atom stereocenters. The third kappa shape index (κ3) is 6.02. The second kappa shape index (κ2) is 10.5. The van der Waals surface area contributed by atoms with Gasteiger partial charge in [0, 0.05) is 30.4 Å². The number of hydrogen-bond acceptors (Lipinski definition) is 9. The first-order chi connectivity index (χ1) is 18.1. The highest BCUT2D eigenvalue weighted by Crippen LogP contribution is 2.38. The van der Waals surface area contributed by atoms with Crippen molar-refractivity contribution in [3.05, 3.63) is 53.8 Å². The van der Waals surface area contributed by atoms with Crippen LogP contribution in [0, 0.1) is 17.1 Å². The molecule has 202 valence electrons. The lowest BCUT2D eigenvalue weighted by Gasteiger charge is -2.50. The van der Waals surface area contributed by atoms with Crippen LogP contribution in [0.25, 0.3) is 10.1 Å². The van der Waals surface area contributed by atoms with E-state index in [2.05, 4.69) is 4.90 Å². The van der Waals surface area contributed by atoms with Crippen LogP contribution in [0.1, 0.15) is 5.56 Å². The fourth-order valence-electron chi connectivity index (χ4n) is 4.71. The van der Waals surface area contributed by atoms with E-state index in [4.69, 9.17) is 14.5 Å². The zero-order chi connectivity index (χ0) is 27.0. The Kier molecular flexibility index (Phi) is 7.50. The lowest BCUT2D eigenvalue weighted by molar-refractivity contribution is -0.940. The summed E-state index contributed by atoms with van der Waals surface area (Å²) in [6, 6.07) is 11.4. The van der Waals surface area contributed by atoms with Gasteiger partial charge < -0.3 is 18.6 Å². The Hall–Kier alpha value is -2.56. The Morgan fingerprint density at radius 2 is 1.84 bits per heavy atom. The Labute approximate surface area is 224 Å². The summed E-state index contributed by atoms with van der Waals surface area (Å²) in [5.74, 6) is -0.661. The van der Waals surface area contributed by atoms with Gasteiger partial charge in [-0.15, -0.1) is 11.3 Å². The minimum atomic E-state index is -4.76. The van der Waals surface area contributed by atoms with Crippen LogP contribution in [0.5, 0.6) is 11.5 Å². The van der Waals surface area contributed by atoms with Gasteiger partial charge in [-0.1, -0.05) is 0 Å². The van der Waals surface area contributed by atoms with E-state index in [9.17, 15) is 22.3 Å². The summed E-state index contributed by atoms with van der Waals surface area (Å²) in [6.45, 7) is 8.35. The average molecular weight is 581 g/mol. The van der Waals surface area contributed by atoms with Gasteiger partial charge in [0.25, 0.3) is 10.0 Å². The van der Waals surface area contributed by atoms with Gasteiger partial charge in [0.15, 0.2) is 7.60 Å². The van der Waals surface area contributed by atoms with Gasteiger partial charge >= 0.3 is 0 Å². The van der Waals surface area contributed by atoms with Crippen molar-refractivity contribution in [3.63, 3.8) is 0 Å². The van der Waals surface area contributed by atoms with Crippen molar-refractivity contribution in [3.8, 4) is 17.6 Å². The number of piperazine rings is 3. The predicted octanol–water partition coefficient (Wildman–Crippen LogP) is 2.31. The van der Waals surface area contributed by atoms with Crippen LogP contribution in [-0.4, -0.2) is 76.5 Å². The van der Waals surface area contributed by atoms with Crippen molar-refractivity contribution in [2.75, 3.05) is 58.7 Å². The van der Waals surface area contributed by atoms with Gasteiger partial charge in [0.2, 0.25) is 0 Å². The molecule has 4 heterocycles. The van der Waals surface area contributed by atoms with E-state index in [1.807, 2.05) is 4.72 Å². The molecular weight excluding hydrogens is 554 g/mol. The van der Waals surface area contributed by atoms with E-state index in [1.54, 1.807) is 24.3 Å². The molecule has 14 heteroatoms. The first kappa shape index (κ1) is 27.0. The van der Waals surface area contributed by atoms with Crippen LogP contribution in [-0.2, 0) is 14.6 Å². The van der Waals surface area contributed by atoms with Gasteiger partial charge in [0.05, 0.1) is 31.5 Å². The first-order valence-electron chi connectivity index (χ1n) is 12.0. The van der Waals surface area contributed by atoms with E-state index in [0.29, 0.717) is 22.4 Å². The molecule has 0 radical (unpaired) electrons. The molecule has 3 saturated heterocycles. The number of quaternary nitrogens is 1. The molecule has 1 atom stereocenters. The Bertz CT molecular complexity index is 1540. The average Bonchev–Trinajstić information content (AvgIpc) is 3.33. The third-order valence-corrected chi connectivity index (χ3v) is 11.2. The summed E-state index contributed by atoms with van der Waals surface area (Å²) < 4.78 is 66.2. The zero-order valence-electron chi connectivity index (χ0n) is 20.3. The highest BCUT2D eigenvalue weighted by atomic mass is 32.2. The molecular formula is C24H26FN4O6PS2. The van der Waals surface area contributed by atoms with E-state index in [1.165, 1.54) is 6.07 Å². The van der Waals surface area contributed by atoms with E-state index >= 15 is 0 Å². The van der Waals surface area contributed by atoms with Gasteiger partial charge in [0.1, 0.15) is 40.7 Å². The molecule has 10 nitrogen and oxygen atoms in total. The quantitative estimate of drug-likeness (QED) is 0.286. The molecule has 2 aromatic carbocycles. The van der Waals surface area contributed by atoms with Crippen LogP contribution >= 0.6 is 18.9 Å².